The van der Waals surface area contributed by atoms with Crippen LogP contribution in [0, 0.1) is 5.82 Å². The highest BCUT2D eigenvalue weighted by Gasteiger charge is 2.62. The normalized spacial score (nSPS) is 25.4. The Morgan fingerprint density at radius 1 is 0.935 bits per heavy atom. The van der Waals surface area contributed by atoms with Gasteiger partial charge in [0, 0.05) is 24.1 Å². The Bertz CT molecular complexity index is 1290. The zero-order valence-electron chi connectivity index (χ0n) is 17.3. The van der Waals surface area contributed by atoms with Gasteiger partial charge in [-0.3, -0.25) is 4.79 Å². The number of rotatable bonds is 2. The second kappa shape index (κ2) is 6.27. The van der Waals surface area contributed by atoms with E-state index in [-0.39, 0.29) is 11.7 Å². The third-order valence-corrected chi connectivity index (χ3v) is 7.40. The first-order valence-electron chi connectivity index (χ1n) is 10.7. The van der Waals surface area contributed by atoms with Crippen molar-refractivity contribution in [3.63, 3.8) is 0 Å². The zero-order valence-corrected chi connectivity index (χ0v) is 17.3. The van der Waals surface area contributed by atoms with Gasteiger partial charge in [-0.1, -0.05) is 79.7 Å². The van der Waals surface area contributed by atoms with Crippen LogP contribution in [0.15, 0.2) is 84.4 Å². The average molecular weight is 407 g/mol. The van der Waals surface area contributed by atoms with Gasteiger partial charge in [0.2, 0.25) is 0 Å². The predicted octanol–water partition coefficient (Wildman–Crippen LogP) is 5.49. The van der Waals surface area contributed by atoms with E-state index in [1.165, 1.54) is 6.07 Å². The molecule has 0 aromatic heterocycles. The van der Waals surface area contributed by atoms with Gasteiger partial charge in [0.05, 0.1) is 5.41 Å². The van der Waals surface area contributed by atoms with Crippen LogP contribution in [0.1, 0.15) is 34.7 Å². The SMILES string of the molecule is C[C@@]12C=Cc3ccccc3[C@@]13CN(Cc1ccccc1)C(=O)C3=Cc1ccc(F)cc12. The van der Waals surface area contributed by atoms with Crippen LogP contribution >= 0.6 is 0 Å². The number of fused-ring (bicyclic) bond motifs is 3. The first-order valence-corrected chi connectivity index (χ1v) is 10.7. The highest BCUT2D eigenvalue weighted by molar-refractivity contribution is 6.06. The van der Waals surface area contributed by atoms with Crippen LogP contribution in [0.4, 0.5) is 4.39 Å². The molecule has 2 atom stereocenters. The fourth-order valence-electron chi connectivity index (χ4n) is 5.88. The van der Waals surface area contributed by atoms with Crippen LogP contribution in [0.2, 0.25) is 0 Å². The van der Waals surface area contributed by atoms with Gasteiger partial charge in [-0.2, -0.15) is 0 Å². The number of hydrogen-bond donors (Lipinski definition) is 0. The lowest BCUT2D eigenvalue weighted by Crippen LogP contribution is -2.52. The van der Waals surface area contributed by atoms with Crippen molar-refractivity contribution >= 4 is 18.1 Å². The largest absolute Gasteiger partial charge is 0.333 e. The molecule has 1 aliphatic heterocycles. The molecule has 3 heteroatoms. The van der Waals surface area contributed by atoms with Crippen molar-refractivity contribution in [3.8, 4) is 0 Å². The zero-order chi connectivity index (χ0) is 21.2. The van der Waals surface area contributed by atoms with Crippen molar-refractivity contribution in [1.29, 1.82) is 0 Å². The first-order chi connectivity index (χ1) is 15.0. The van der Waals surface area contributed by atoms with Crippen molar-refractivity contribution < 1.29 is 9.18 Å². The molecule has 0 saturated carbocycles. The Hall–Kier alpha value is -3.46. The summed E-state index contributed by atoms with van der Waals surface area (Å²) in [5.74, 6) is -0.181. The third-order valence-electron chi connectivity index (χ3n) is 7.40. The molecule has 152 valence electrons. The van der Waals surface area contributed by atoms with Crippen molar-refractivity contribution in [3.05, 3.63) is 118 Å². The minimum Gasteiger partial charge on any atom is -0.333 e. The summed E-state index contributed by atoms with van der Waals surface area (Å²) in [5, 5.41) is 0. The quantitative estimate of drug-likeness (QED) is 0.550. The number of halogens is 1. The molecule has 1 heterocycles. The van der Waals surface area contributed by atoms with E-state index in [4.69, 9.17) is 0 Å². The molecule has 1 fully saturated rings. The molecule has 3 aliphatic rings. The maximum atomic E-state index is 14.4. The third kappa shape index (κ3) is 2.35. The Balaban J connectivity index is 1.60. The minimum atomic E-state index is -0.551. The molecule has 3 aromatic carbocycles. The maximum Gasteiger partial charge on any atom is 0.251 e. The van der Waals surface area contributed by atoms with Gasteiger partial charge >= 0.3 is 0 Å². The molecule has 6 rings (SSSR count). The van der Waals surface area contributed by atoms with E-state index in [0.717, 1.165) is 33.4 Å². The molecule has 31 heavy (non-hydrogen) atoms. The predicted molar refractivity (Wildman–Crippen MR) is 121 cm³/mol. The van der Waals surface area contributed by atoms with E-state index in [1.54, 1.807) is 12.1 Å². The maximum absolute atomic E-state index is 14.4. The molecular formula is C28H22FNO. The van der Waals surface area contributed by atoms with Gasteiger partial charge < -0.3 is 4.90 Å². The van der Waals surface area contributed by atoms with E-state index in [9.17, 15) is 9.18 Å². The molecule has 0 radical (unpaired) electrons. The number of carbonyl (C=O) groups is 1. The van der Waals surface area contributed by atoms with Crippen LogP contribution in [-0.2, 0) is 22.2 Å². The number of carbonyl (C=O) groups excluding carboxylic acids is 1. The summed E-state index contributed by atoms with van der Waals surface area (Å²) in [5.41, 5.74) is 4.97. The summed E-state index contributed by atoms with van der Waals surface area (Å²) >= 11 is 0. The molecule has 1 saturated heterocycles. The Labute approximate surface area is 181 Å². The number of benzene rings is 3. The van der Waals surface area contributed by atoms with Crippen molar-refractivity contribution in [1.82, 2.24) is 4.90 Å². The Kier molecular flexibility index (Phi) is 3.71. The number of allylic oxidation sites excluding steroid dienone is 1. The molecular weight excluding hydrogens is 385 g/mol. The first kappa shape index (κ1) is 18.3. The van der Waals surface area contributed by atoms with Crippen LogP contribution in [0.5, 0.6) is 0 Å². The standard InChI is InChI=1S/C28H22FNO/c1-27-14-13-20-9-5-6-10-23(20)28(27)18-30(17-19-7-3-2-4-8-19)26(31)25(28)15-21-11-12-22(29)16-24(21)27/h2-16H,17-18H2,1H3/t27-,28+/m0/s1. The molecule has 0 N–H and O–H groups in total. The second-order valence-corrected chi connectivity index (χ2v) is 8.96. The molecule has 0 bridgehead atoms. The van der Waals surface area contributed by atoms with Gasteiger partial charge in [0.25, 0.3) is 5.91 Å². The lowest BCUT2D eigenvalue weighted by atomic mass is 9.50. The lowest BCUT2D eigenvalue weighted by Gasteiger charge is -2.51. The second-order valence-electron chi connectivity index (χ2n) is 8.96. The lowest BCUT2D eigenvalue weighted by molar-refractivity contribution is -0.125. The van der Waals surface area contributed by atoms with Gasteiger partial charge in [0.15, 0.2) is 0 Å². The van der Waals surface area contributed by atoms with E-state index in [2.05, 4.69) is 43.3 Å². The average Bonchev–Trinajstić information content (AvgIpc) is 3.06. The smallest absolute Gasteiger partial charge is 0.251 e. The number of likely N-dealkylation sites (tertiary alicyclic amines) is 1. The van der Waals surface area contributed by atoms with E-state index in [0.29, 0.717) is 13.1 Å². The molecule has 2 aliphatic carbocycles. The minimum absolute atomic E-state index is 0.0650. The van der Waals surface area contributed by atoms with Gasteiger partial charge in [-0.05, 0) is 46.0 Å². The summed E-state index contributed by atoms with van der Waals surface area (Å²) in [7, 11) is 0. The molecule has 3 aromatic rings. The van der Waals surface area contributed by atoms with Crippen LogP contribution in [0.3, 0.4) is 0 Å². The molecule has 2 nitrogen and oxygen atoms in total. The number of hydrogen-bond acceptors (Lipinski definition) is 1. The fraction of sp³-hybridized carbons (Fsp3) is 0.179. The van der Waals surface area contributed by atoms with Crippen molar-refractivity contribution in [2.45, 2.75) is 24.3 Å². The summed E-state index contributed by atoms with van der Waals surface area (Å²) in [4.78, 5) is 15.7. The summed E-state index contributed by atoms with van der Waals surface area (Å²) in [6, 6.07) is 23.3. The fourth-order valence-corrected chi connectivity index (χ4v) is 5.88. The number of amides is 1. The van der Waals surface area contributed by atoms with Gasteiger partial charge in [-0.15, -0.1) is 0 Å². The summed E-state index contributed by atoms with van der Waals surface area (Å²) in [6.07, 6.45) is 6.31. The van der Waals surface area contributed by atoms with Crippen LogP contribution in [-0.4, -0.2) is 17.4 Å². The molecule has 1 spiro atoms. The highest BCUT2D eigenvalue weighted by Crippen LogP contribution is 2.60. The Morgan fingerprint density at radius 2 is 1.71 bits per heavy atom. The van der Waals surface area contributed by atoms with Crippen LogP contribution in [0.25, 0.3) is 12.2 Å². The molecule has 1 amide bonds. The number of nitrogens with zero attached hydrogens (tertiary/aromatic N) is 1. The van der Waals surface area contributed by atoms with Crippen LogP contribution < -0.4 is 0 Å². The molecule has 0 unspecified atom stereocenters. The van der Waals surface area contributed by atoms with E-state index < -0.39 is 10.8 Å². The van der Waals surface area contributed by atoms with Gasteiger partial charge in [0.1, 0.15) is 5.82 Å². The van der Waals surface area contributed by atoms with E-state index in [1.807, 2.05) is 41.3 Å². The highest BCUT2D eigenvalue weighted by atomic mass is 19.1. The van der Waals surface area contributed by atoms with Crippen molar-refractivity contribution in [2.24, 2.45) is 0 Å². The monoisotopic (exact) mass is 407 g/mol. The summed E-state index contributed by atoms with van der Waals surface area (Å²) in [6.45, 7) is 3.29. The topological polar surface area (TPSA) is 20.3 Å². The van der Waals surface area contributed by atoms with Gasteiger partial charge in [-0.25, -0.2) is 4.39 Å². The van der Waals surface area contributed by atoms with E-state index >= 15 is 0 Å². The Morgan fingerprint density at radius 3 is 2.55 bits per heavy atom. The summed E-state index contributed by atoms with van der Waals surface area (Å²) < 4.78 is 14.4. The van der Waals surface area contributed by atoms with Crippen molar-refractivity contribution in [2.75, 3.05) is 6.54 Å².